The van der Waals surface area contributed by atoms with Crippen molar-refractivity contribution < 1.29 is 9.53 Å². The molecule has 6 heteroatoms. The number of thiocarbonyl (C=S) groups is 1. The maximum atomic E-state index is 13.2. The second-order valence-corrected chi connectivity index (χ2v) is 11.1. The Bertz CT molecular complexity index is 1290. The van der Waals surface area contributed by atoms with Gasteiger partial charge in [-0.2, -0.15) is 0 Å². The first-order valence-electron chi connectivity index (χ1n) is 13.0. The van der Waals surface area contributed by atoms with Gasteiger partial charge in [0.1, 0.15) is 4.32 Å². The Morgan fingerprint density at radius 3 is 2.32 bits per heavy atom. The van der Waals surface area contributed by atoms with Crippen molar-refractivity contribution in [1.29, 1.82) is 0 Å². The number of thioether (sulfide) groups is 1. The molecule has 2 aromatic carbocycles. The highest BCUT2D eigenvalue weighted by atomic mass is 32.2. The van der Waals surface area contributed by atoms with Crippen molar-refractivity contribution >= 4 is 45.7 Å². The molecule has 3 aliphatic rings. The molecule has 0 bridgehead atoms. The van der Waals surface area contributed by atoms with Crippen molar-refractivity contribution in [1.82, 2.24) is 9.80 Å². The second kappa shape index (κ2) is 11.5. The molecular formula is C31H32N2O2S2. The van der Waals surface area contributed by atoms with Gasteiger partial charge >= 0.3 is 0 Å². The van der Waals surface area contributed by atoms with E-state index < -0.39 is 0 Å². The molecule has 0 radical (unpaired) electrons. The molecule has 0 N–H and O–H groups in total. The topological polar surface area (TPSA) is 32.8 Å². The van der Waals surface area contributed by atoms with Gasteiger partial charge < -0.3 is 9.64 Å². The highest BCUT2D eigenvalue weighted by Gasteiger charge is 2.38. The summed E-state index contributed by atoms with van der Waals surface area (Å²) in [6.07, 6.45) is 11.6. The van der Waals surface area contributed by atoms with Crippen molar-refractivity contribution in [2.75, 3.05) is 6.54 Å². The average Bonchev–Trinajstić information content (AvgIpc) is 3.46. The number of nitrogens with zero attached hydrogens (tertiary/aromatic N) is 2. The molecule has 0 atom stereocenters. The van der Waals surface area contributed by atoms with E-state index in [4.69, 9.17) is 17.0 Å². The average molecular weight is 529 g/mol. The van der Waals surface area contributed by atoms with Crippen LogP contribution in [-0.4, -0.2) is 32.6 Å². The third-order valence-electron chi connectivity index (χ3n) is 7.04. The normalized spacial score (nSPS) is 21.5. The zero-order chi connectivity index (χ0) is 25.8. The maximum Gasteiger partial charge on any atom is 0.266 e. The third kappa shape index (κ3) is 5.32. The molecule has 2 aliphatic heterocycles. The number of amides is 1. The van der Waals surface area contributed by atoms with Crippen LogP contribution in [0.2, 0.25) is 0 Å². The predicted octanol–water partition coefficient (Wildman–Crippen LogP) is 7.73. The van der Waals surface area contributed by atoms with Gasteiger partial charge in [-0.3, -0.25) is 9.69 Å². The van der Waals surface area contributed by atoms with E-state index in [1.54, 1.807) is 0 Å². The van der Waals surface area contributed by atoms with Crippen LogP contribution in [-0.2, 0) is 9.53 Å². The highest BCUT2D eigenvalue weighted by molar-refractivity contribution is 8.26. The van der Waals surface area contributed by atoms with Gasteiger partial charge in [0.05, 0.1) is 10.6 Å². The molecule has 5 rings (SSSR count). The quantitative estimate of drug-likeness (QED) is 0.283. The van der Waals surface area contributed by atoms with Gasteiger partial charge in [0.25, 0.3) is 5.91 Å². The van der Waals surface area contributed by atoms with Crippen molar-refractivity contribution in [3.05, 3.63) is 106 Å². The first kappa shape index (κ1) is 25.6. The lowest BCUT2D eigenvalue weighted by molar-refractivity contribution is -0.124. The fourth-order valence-corrected chi connectivity index (χ4v) is 6.57. The number of carbonyl (C=O) groups is 1. The van der Waals surface area contributed by atoms with E-state index in [2.05, 4.69) is 36.1 Å². The lowest BCUT2D eigenvalue weighted by Gasteiger charge is -2.29. The summed E-state index contributed by atoms with van der Waals surface area (Å²) in [7, 11) is 0. The summed E-state index contributed by atoms with van der Waals surface area (Å²) in [6.45, 7) is 4.87. The highest BCUT2D eigenvalue weighted by Crippen LogP contribution is 2.41. The largest absolute Gasteiger partial charge is 0.438 e. The Hall–Kier alpha value is -3.09. The number of benzene rings is 2. The van der Waals surface area contributed by atoms with Gasteiger partial charge in [-0.15, -0.1) is 0 Å². The molecule has 1 aliphatic carbocycles. The molecule has 37 heavy (non-hydrogen) atoms. The van der Waals surface area contributed by atoms with E-state index in [1.807, 2.05) is 66.4 Å². The van der Waals surface area contributed by atoms with Crippen LogP contribution in [0.15, 0.2) is 95.3 Å². The molecule has 1 saturated carbocycles. The first-order chi connectivity index (χ1) is 18.1. The Balaban J connectivity index is 1.41. The Labute approximate surface area is 229 Å². The minimum absolute atomic E-state index is 0.0587. The maximum absolute atomic E-state index is 13.2. The number of hydrogen-bond acceptors (Lipinski definition) is 5. The smallest absolute Gasteiger partial charge is 0.266 e. The molecule has 2 aromatic rings. The molecule has 1 amide bonds. The van der Waals surface area contributed by atoms with E-state index in [-0.39, 0.29) is 11.9 Å². The van der Waals surface area contributed by atoms with Crippen LogP contribution in [0.1, 0.15) is 57.1 Å². The molecule has 1 saturated heterocycles. The summed E-state index contributed by atoms with van der Waals surface area (Å²) in [5.74, 6) is 1.67. The lowest BCUT2D eigenvalue weighted by atomic mass is 9.94. The van der Waals surface area contributed by atoms with Gasteiger partial charge in [0.2, 0.25) is 5.88 Å². The number of ether oxygens (including phenoxy) is 1. The van der Waals surface area contributed by atoms with E-state index in [9.17, 15) is 4.79 Å². The molecule has 0 aromatic heterocycles. The summed E-state index contributed by atoms with van der Waals surface area (Å²) < 4.78 is 7.15. The van der Waals surface area contributed by atoms with Crippen LogP contribution in [0.3, 0.4) is 0 Å². The van der Waals surface area contributed by atoms with E-state index >= 15 is 0 Å². The van der Waals surface area contributed by atoms with Gasteiger partial charge in [0.15, 0.2) is 5.76 Å². The minimum atomic E-state index is 0.0587. The summed E-state index contributed by atoms with van der Waals surface area (Å²) in [4.78, 5) is 18.0. The zero-order valence-corrected chi connectivity index (χ0v) is 23.0. The van der Waals surface area contributed by atoms with Crippen molar-refractivity contribution in [3.63, 3.8) is 0 Å². The van der Waals surface area contributed by atoms with Gasteiger partial charge in [-0.1, -0.05) is 116 Å². The molecule has 2 fully saturated rings. The second-order valence-electron chi connectivity index (χ2n) is 9.47. The Morgan fingerprint density at radius 2 is 1.68 bits per heavy atom. The first-order valence-corrected chi connectivity index (χ1v) is 14.3. The van der Waals surface area contributed by atoms with Crippen molar-refractivity contribution in [2.45, 2.75) is 52.0 Å². The number of hydrogen-bond donors (Lipinski definition) is 0. The minimum Gasteiger partial charge on any atom is -0.438 e. The number of rotatable bonds is 6. The van der Waals surface area contributed by atoms with Gasteiger partial charge in [-0.25, -0.2) is 0 Å². The fraction of sp³-hybridized carbons (Fsp3) is 0.290. The van der Waals surface area contributed by atoms with Gasteiger partial charge in [-0.05, 0) is 38.3 Å². The molecule has 2 heterocycles. The predicted molar refractivity (Wildman–Crippen MR) is 157 cm³/mol. The van der Waals surface area contributed by atoms with Crippen LogP contribution < -0.4 is 0 Å². The number of allylic oxidation sites excluding steroid dienone is 4. The summed E-state index contributed by atoms with van der Waals surface area (Å²) in [5, 5.41) is 0. The SMILES string of the molecule is CCN1C(c2ccccc2)=C(c2ccccc2)O/C1=C/C=C/C(C)=C1/SC(=S)N(C2CCCCC2)C1=O. The molecule has 0 unspecified atom stereocenters. The van der Waals surface area contributed by atoms with E-state index in [0.29, 0.717) is 4.32 Å². The Morgan fingerprint density at radius 1 is 1.03 bits per heavy atom. The van der Waals surface area contributed by atoms with Crippen LogP contribution in [0.25, 0.3) is 11.5 Å². The summed E-state index contributed by atoms with van der Waals surface area (Å²) in [6, 6.07) is 20.8. The summed E-state index contributed by atoms with van der Waals surface area (Å²) in [5.41, 5.74) is 4.13. The summed E-state index contributed by atoms with van der Waals surface area (Å²) >= 11 is 7.04. The monoisotopic (exact) mass is 528 g/mol. The third-order valence-corrected chi connectivity index (χ3v) is 8.56. The molecular weight excluding hydrogens is 496 g/mol. The van der Waals surface area contributed by atoms with Crippen LogP contribution in [0.5, 0.6) is 0 Å². The fourth-order valence-electron chi connectivity index (χ4n) is 5.17. The van der Waals surface area contributed by atoms with Crippen LogP contribution >= 0.6 is 24.0 Å². The van der Waals surface area contributed by atoms with Gasteiger partial charge in [0, 0.05) is 23.7 Å². The van der Waals surface area contributed by atoms with Crippen LogP contribution in [0.4, 0.5) is 0 Å². The molecule has 190 valence electrons. The van der Waals surface area contributed by atoms with E-state index in [0.717, 1.165) is 58.3 Å². The van der Waals surface area contributed by atoms with E-state index in [1.165, 1.54) is 31.0 Å². The molecule has 4 nitrogen and oxygen atoms in total. The standard InChI is InChI=1S/C31H32N2O2S2/c1-3-32-26(35-28(24-17-9-5-10-18-24)27(32)23-15-7-4-8-16-23)21-13-14-22(2)29-30(34)33(31(36)37-29)25-19-11-6-12-20-25/h4-5,7-10,13-18,21,25H,3,6,11-12,19-20H2,1-2H3/b14-13+,26-21+,29-22+. The lowest BCUT2D eigenvalue weighted by Crippen LogP contribution is -2.39. The van der Waals surface area contributed by atoms with Crippen LogP contribution in [0, 0.1) is 0 Å². The van der Waals surface area contributed by atoms with Crippen molar-refractivity contribution in [3.8, 4) is 0 Å². The Kier molecular flexibility index (Phi) is 7.96. The number of carbonyl (C=O) groups excluding carboxylic acids is 1. The van der Waals surface area contributed by atoms with Crippen molar-refractivity contribution in [2.24, 2.45) is 0 Å². The molecule has 0 spiro atoms. The zero-order valence-electron chi connectivity index (χ0n) is 21.4.